The lowest BCUT2D eigenvalue weighted by molar-refractivity contribution is 0.728. The van der Waals surface area contributed by atoms with Crippen LogP contribution in [0.5, 0.6) is 0 Å². The van der Waals surface area contributed by atoms with Crippen LogP contribution in [-0.2, 0) is 0 Å². The molecule has 2 aromatic carbocycles. The fraction of sp³-hybridized carbons (Fsp3) is 0.190. The van der Waals surface area contributed by atoms with E-state index >= 15 is 0 Å². The number of aliphatic imine (C=N–C) groups is 1. The first-order chi connectivity index (χ1) is 11.7. The molecule has 1 heterocycles. The van der Waals surface area contributed by atoms with Crippen LogP contribution < -0.4 is 9.80 Å². The number of para-hydroxylation sites is 2. The molecular formula is C21H23N3. The highest BCUT2D eigenvalue weighted by Gasteiger charge is 2.36. The Labute approximate surface area is 144 Å². The lowest BCUT2D eigenvalue weighted by Crippen LogP contribution is -2.38. The van der Waals surface area contributed by atoms with Crippen molar-refractivity contribution in [1.82, 2.24) is 0 Å². The molecule has 1 aliphatic heterocycles. The van der Waals surface area contributed by atoms with Crippen molar-refractivity contribution in [3.05, 3.63) is 83.8 Å². The number of anilines is 2. The molecule has 0 radical (unpaired) electrons. The SMILES string of the molecule is C=NC1=C(/C=C\C)N(c2ccccc2)[C@H](C)N1c1ccccc1C. The summed E-state index contributed by atoms with van der Waals surface area (Å²) in [6.45, 7) is 10.2. The van der Waals surface area contributed by atoms with Gasteiger partial charge < -0.3 is 9.80 Å². The number of nitrogens with zero attached hydrogens (tertiary/aromatic N) is 3. The first kappa shape index (κ1) is 16.1. The molecule has 1 aliphatic rings. The van der Waals surface area contributed by atoms with Gasteiger partial charge in [0, 0.05) is 11.4 Å². The molecule has 0 aliphatic carbocycles. The molecule has 0 spiro atoms. The topological polar surface area (TPSA) is 18.8 Å². The van der Waals surface area contributed by atoms with E-state index < -0.39 is 0 Å². The van der Waals surface area contributed by atoms with Crippen LogP contribution in [0.3, 0.4) is 0 Å². The van der Waals surface area contributed by atoms with Crippen molar-refractivity contribution >= 4 is 18.1 Å². The molecule has 0 fully saturated rings. The summed E-state index contributed by atoms with van der Waals surface area (Å²) in [4.78, 5) is 8.93. The van der Waals surface area contributed by atoms with Gasteiger partial charge in [0.25, 0.3) is 0 Å². The van der Waals surface area contributed by atoms with Gasteiger partial charge >= 0.3 is 0 Å². The molecule has 24 heavy (non-hydrogen) atoms. The first-order valence-corrected chi connectivity index (χ1v) is 8.22. The van der Waals surface area contributed by atoms with Crippen LogP contribution in [0, 0.1) is 6.92 Å². The largest absolute Gasteiger partial charge is 0.317 e. The zero-order valence-electron chi connectivity index (χ0n) is 14.5. The van der Waals surface area contributed by atoms with Gasteiger partial charge in [0.2, 0.25) is 0 Å². The summed E-state index contributed by atoms with van der Waals surface area (Å²) < 4.78 is 0. The van der Waals surface area contributed by atoms with Gasteiger partial charge in [-0.3, -0.25) is 0 Å². The number of aryl methyl sites for hydroxylation is 1. The number of rotatable bonds is 4. The fourth-order valence-corrected chi connectivity index (χ4v) is 3.29. The average Bonchev–Trinajstić information content (AvgIpc) is 2.88. The Kier molecular flexibility index (Phi) is 4.52. The number of benzene rings is 2. The monoisotopic (exact) mass is 317 g/mol. The molecule has 3 heteroatoms. The summed E-state index contributed by atoms with van der Waals surface area (Å²) in [5.74, 6) is 0.888. The predicted octanol–water partition coefficient (Wildman–Crippen LogP) is 5.11. The molecule has 0 aromatic heterocycles. The van der Waals surface area contributed by atoms with Crippen molar-refractivity contribution < 1.29 is 0 Å². The average molecular weight is 317 g/mol. The van der Waals surface area contributed by atoms with E-state index in [-0.39, 0.29) is 6.17 Å². The summed E-state index contributed by atoms with van der Waals surface area (Å²) >= 11 is 0. The third kappa shape index (κ3) is 2.62. The Morgan fingerprint density at radius 1 is 1.00 bits per heavy atom. The van der Waals surface area contributed by atoms with Gasteiger partial charge in [0.15, 0.2) is 5.82 Å². The van der Waals surface area contributed by atoms with Crippen LogP contribution in [0.4, 0.5) is 11.4 Å². The number of hydrogen-bond donors (Lipinski definition) is 0. The van der Waals surface area contributed by atoms with E-state index in [0.717, 1.165) is 22.9 Å². The number of hydrogen-bond acceptors (Lipinski definition) is 3. The van der Waals surface area contributed by atoms with E-state index in [2.05, 4.69) is 90.0 Å². The maximum absolute atomic E-state index is 4.38. The molecule has 1 atom stereocenters. The second kappa shape index (κ2) is 6.75. The zero-order chi connectivity index (χ0) is 17.1. The van der Waals surface area contributed by atoms with Crippen molar-refractivity contribution in [1.29, 1.82) is 0 Å². The molecule has 0 amide bonds. The maximum atomic E-state index is 4.38. The Bertz CT molecular complexity index is 790. The van der Waals surface area contributed by atoms with Gasteiger partial charge in [-0.1, -0.05) is 42.5 Å². The minimum Gasteiger partial charge on any atom is -0.317 e. The van der Waals surface area contributed by atoms with E-state index in [1.54, 1.807) is 0 Å². The van der Waals surface area contributed by atoms with Crippen LogP contribution in [-0.4, -0.2) is 12.9 Å². The van der Waals surface area contributed by atoms with Crippen LogP contribution in [0.2, 0.25) is 0 Å². The van der Waals surface area contributed by atoms with Crippen LogP contribution in [0.15, 0.2) is 83.3 Å². The lowest BCUT2D eigenvalue weighted by Gasteiger charge is -2.32. The van der Waals surface area contributed by atoms with Crippen molar-refractivity contribution in [2.75, 3.05) is 9.80 Å². The molecule has 0 bridgehead atoms. The van der Waals surface area contributed by atoms with Gasteiger partial charge in [-0.05, 0) is 57.3 Å². The maximum Gasteiger partial charge on any atom is 0.158 e. The summed E-state index contributed by atoms with van der Waals surface area (Å²) in [7, 11) is 0. The fourth-order valence-electron chi connectivity index (χ4n) is 3.29. The van der Waals surface area contributed by atoms with Gasteiger partial charge in [-0.15, -0.1) is 0 Å². The quantitative estimate of drug-likeness (QED) is 0.729. The standard InChI is InChI=1S/C21H23N3/c1-5-11-20-21(22-4)24(19-15-10-9-12-16(19)2)17(3)23(20)18-13-7-6-8-14-18/h5-15,17H,4H2,1-3H3/b11-5-/t17-/m0/s1. The lowest BCUT2D eigenvalue weighted by atomic mass is 10.2. The Hall–Kier alpha value is -2.81. The molecule has 122 valence electrons. The molecule has 2 aromatic rings. The van der Waals surface area contributed by atoms with Crippen molar-refractivity contribution in [2.45, 2.75) is 26.9 Å². The highest BCUT2D eigenvalue weighted by molar-refractivity contribution is 5.70. The van der Waals surface area contributed by atoms with Crippen LogP contribution >= 0.6 is 0 Å². The van der Waals surface area contributed by atoms with E-state index in [1.165, 1.54) is 5.56 Å². The van der Waals surface area contributed by atoms with Gasteiger partial charge in [0.05, 0.1) is 5.70 Å². The molecule has 0 unspecified atom stereocenters. The third-order valence-electron chi connectivity index (χ3n) is 4.35. The smallest absolute Gasteiger partial charge is 0.158 e. The van der Waals surface area contributed by atoms with Crippen molar-refractivity contribution in [2.24, 2.45) is 4.99 Å². The van der Waals surface area contributed by atoms with Crippen molar-refractivity contribution in [3.63, 3.8) is 0 Å². The molecular weight excluding hydrogens is 294 g/mol. The minimum absolute atomic E-state index is 0.111. The predicted molar refractivity (Wildman–Crippen MR) is 103 cm³/mol. The second-order valence-electron chi connectivity index (χ2n) is 5.86. The highest BCUT2D eigenvalue weighted by Crippen LogP contribution is 2.39. The molecule has 0 saturated carbocycles. The second-order valence-corrected chi connectivity index (χ2v) is 5.86. The minimum atomic E-state index is 0.111. The van der Waals surface area contributed by atoms with E-state index in [4.69, 9.17) is 0 Å². The van der Waals surface area contributed by atoms with Crippen LogP contribution in [0.1, 0.15) is 19.4 Å². The summed E-state index contributed by atoms with van der Waals surface area (Å²) in [6, 6.07) is 18.8. The summed E-state index contributed by atoms with van der Waals surface area (Å²) in [5.41, 5.74) is 4.60. The molecule has 3 nitrogen and oxygen atoms in total. The van der Waals surface area contributed by atoms with Crippen LogP contribution in [0.25, 0.3) is 0 Å². The Balaban J connectivity index is 2.18. The molecule has 3 rings (SSSR count). The van der Waals surface area contributed by atoms with E-state index in [9.17, 15) is 0 Å². The molecule has 0 saturated heterocycles. The normalized spacial score (nSPS) is 17.9. The number of allylic oxidation sites excluding steroid dienone is 2. The van der Waals surface area contributed by atoms with Gasteiger partial charge in [0.1, 0.15) is 6.17 Å². The third-order valence-corrected chi connectivity index (χ3v) is 4.35. The Morgan fingerprint density at radius 2 is 1.67 bits per heavy atom. The van der Waals surface area contributed by atoms with E-state index in [0.29, 0.717) is 0 Å². The Morgan fingerprint density at radius 3 is 2.29 bits per heavy atom. The first-order valence-electron chi connectivity index (χ1n) is 8.22. The summed E-state index contributed by atoms with van der Waals surface area (Å²) in [6.07, 6.45) is 4.26. The van der Waals surface area contributed by atoms with Crippen molar-refractivity contribution in [3.8, 4) is 0 Å². The van der Waals surface area contributed by atoms with Gasteiger partial charge in [-0.2, -0.15) is 0 Å². The van der Waals surface area contributed by atoms with E-state index in [1.807, 2.05) is 19.1 Å². The molecule has 0 N–H and O–H groups in total. The highest BCUT2D eigenvalue weighted by atomic mass is 15.4. The zero-order valence-corrected chi connectivity index (χ0v) is 14.5. The summed E-state index contributed by atoms with van der Waals surface area (Å²) in [5, 5.41) is 0. The van der Waals surface area contributed by atoms with Gasteiger partial charge in [-0.25, -0.2) is 4.99 Å².